The van der Waals surface area contributed by atoms with Crippen LogP contribution in [0.2, 0.25) is 0 Å². The number of hydrogen-bond acceptors (Lipinski definition) is 5. The second-order valence-electron chi connectivity index (χ2n) is 7.52. The largest absolute Gasteiger partial charge is 0.469 e. The summed E-state index contributed by atoms with van der Waals surface area (Å²) in [5, 5.41) is 3.05. The fourth-order valence-electron chi connectivity index (χ4n) is 3.28. The number of fused-ring (bicyclic) bond motifs is 1. The third kappa shape index (κ3) is 4.31. The lowest BCUT2D eigenvalue weighted by atomic mass is 10.0. The number of carbonyl (C=O) groups excluding carboxylic acids is 1. The van der Waals surface area contributed by atoms with E-state index in [1.54, 1.807) is 18.4 Å². The van der Waals surface area contributed by atoms with E-state index in [0.717, 1.165) is 5.76 Å². The summed E-state index contributed by atoms with van der Waals surface area (Å²) < 4.78 is 6.76. The Kier molecular flexibility index (Phi) is 6.00. The first-order chi connectivity index (χ1) is 13.8. The molecule has 1 atom stereocenters. The normalized spacial score (nSPS) is 12.4. The van der Waals surface area contributed by atoms with Crippen LogP contribution in [0, 0.1) is 0 Å². The first-order valence-corrected chi connectivity index (χ1v) is 9.82. The van der Waals surface area contributed by atoms with Gasteiger partial charge in [0.2, 0.25) is 0 Å². The minimum absolute atomic E-state index is 0.0240. The van der Waals surface area contributed by atoms with Gasteiger partial charge in [0.15, 0.2) is 5.65 Å². The Labute approximate surface area is 168 Å². The van der Waals surface area contributed by atoms with Gasteiger partial charge < -0.3 is 9.73 Å². The Hall–Kier alpha value is -3.16. The van der Waals surface area contributed by atoms with Crippen LogP contribution in [0.25, 0.3) is 11.0 Å². The minimum Gasteiger partial charge on any atom is -0.469 e. The Morgan fingerprint density at radius 2 is 2.07 bits per heavy atom. The SMILES string of the molecule is CCCn1c(=O)[nH]c(=O)c2c(C(=O)NC(C)Cc3ccco3)cc(C(C)C)nc21. The summed E-state index contributed by atoms with van der Waals surface area (Å²) in [5.74, 6) is 0.399. The Bertz CT molecular complexity index is 1130. The zero-order valence-corrected chi connectivity index (χ0v) is 17.1. The molecule has 3 aromatic heterocycles. The van der Waals surface area contributed by atoms with Crippen molar-refractivity contribution in [1.82, 2.24) is 19.9 Å². The van der Waals surface area contributed by atoms with Crippen molar-refractivity contribution < 1.29 is 9.21 Å². The molecule has 3 aromatic rings. The maximum Gasteiger partial charge on any atom is 0.329 e. The number of H-pyrrole nitrogens is 1. The monoisotopic (exact) mass is 398 g/mol. The van der Waals surface area contributed by atoms with E-state index in [0.29, 0.717) is 25.1 Å². The summed E-state index contributed by atoms with van der Waals surface area (Å²) in [4.78, 5) is 44.9. The van der Waals surface area contributed by atoms with Crippen LogP contribution in [-0.2, 0) is 13.0 Å². The summed E-state index contributed by atoms with van der Waals surface area (Å²) in [5.41, 5.74) is -0.0118. The van der Waals surface area contributed by atoms with Gasteiger partial charge in [0.25, 0.3) is 11.5 Å². The molecule has 0 aliphatic carbocycles. The number of nitrogens with one attached hydrogen (secondary N) is 2. The maximum atomic E-state index is 13.1. The van der Waals surface area contributed by atoms with E-state index < -0.39 is 11.2 Å². The lowest BCUT2D eigenvalue weighted by Crippen LogP contribution is -2.36. The first-order valence-electron chi connectivity index (χ1n) is 9.82. The van der Waals surface area contributed by atoms with Gasteiger partial charge >= 0.3 is 5.69 Å². The van der Waals surface area contributed by atoms with Crippen LogP contribution in [0.15, 0.2) is 38.5 Å². The predicted molar refractivity (Wildman–Crippen MR) is 110 cm³/mol. The molecule has 1 amide bonds. The Morgan fingerprint density at radius 1 is 1.31 bits per heavy atom. The van der Waals surface area contributed by atoms with Crippen molar-refractivity contribution in [3.63, 3.8) is 0 Å². The number of carbonyl (C=O) groups is 1. The van der Waals surface area contributed by atoms with Gasteiger partial charge in [-0.1, -0.05) is 20.8 Å². The van der Waals surface area contributed by atoms with Crippen molar-refractivity contribution in [2.75, 3.05) is 0 Å². The molecule has 3 heterocycles. The first kappa shape index (κ1) is 20.6. The highest BCUT2D eigenvalue weighted by molar-refractivity contribution is 6.05. The zero-order chi connectivity index (χ0) is 21.1. The summed E-state index contributed by atoms with van der Waals surface area (Å²) in [6.45, 7) is 8.09. The van der Waals surface area contributed by atoms with Gasteiger partial charge in [-0.05, 0) is 37.5 Å². The summed E-state index contributed by atoms with van der Waals surface area (Å²) >= 11 is 0. The van der Waals surface area contributed by atoms with E-state index in [9.17, 15) is 14.4 Å². The van der Waals surface area contributed by atoms with Crippen molar-refractivity contribution in [2.24, 2.45) is 0 Å². The zero-order valence-electron chi connectivity index (χ0n) is 17.1. The van der Waals surface area contributed by atoms with Crippen LogP contribution >= 0.6 is 0 Å². The third-order valence-corrected chi connectivity index (χ3v) is 4.72. The van der Waals surface area contributed by atoms with Gasteiger partial charge in [-0.2, -0.15) is 0 Å². The molecule has 29 heavy (non-hydrogen) atoms. The Balaban J connectivity index is 2.10. The molecule has 0 bridgehead atoms. The second-order valence-corrected chi connectivity index (χ2v) is 7.52. The average Bonchev–Trinajstić information content (AvgIpc) is 3.16. The fraction of sp³-hybridized carbons (Fsp3) is 0.429. The van der Waals surface area contributed by atoms with E-state index in [1.807, 2.05) is 33.8 Å². The van der Waals surface area contributed by atoms with E-state index in [-0.39, 0.29) is 34.5 Å². The summed E-state index contributed by atoms with van der Waals surface area (Å²) in [7, 11) is 0. The molecule has 1 unspecified atom stereocenters. The van der Waals surface area contributed by atoms with Gasteiger partial charge in [0, 0.05) is 24.7 Å². The van der Waals surface area contributed by atoms with Gasteiger partial charge in [-0.3, -0.25) is 19.1 Å². The summed E-state index contributed by atoms with van der Waals surface area (Å²) in [6.07, 6.45) is 2.80. The number of amides is 1. The number of nitrogens with zero attached hydrogens (tertiary/aromatic N) is 2. The van der Waals surface area contributed by atoms with E-state index in [4.69, 9.17) is 4.42 Å². The second kappa shape index (κ2) is 8.46. The van der Waals surface area contributed by atoms with Crippen LogP contribution in [0.1, 0.15) is 61.8 Å². The van der Waals surface area contributed by atoms with Gasteiger partial charge in [-0.15, -0.1) is 0 Å². The van der Waals surface area contributed by atoms with Crippen molar-refractivity contribution >= 4 is 16.9 Å². The van der Waals surface area contributed by atoms with Gasteiger partial charge in [0.1, 0.15) is 5.76 Å². The maximum absolute atomic E-state index is 13.1. The molecule has 8 nitrogen and oxygen atoms in total. The lowest BCUT2D eigenvalue weighted by molar-refractivity contribution is 0.0940. The van der Waals surface area contributed by atoms with Crippen molar-refractivity contribution in [2.45, 2.75) is 59.0 Å². The van der Waals surface area contributed by atoms with Crippen LogP contribution in [0.4, 0.5) is 0 Å². The molecule has 0 aromatic carbocycles. The number of hydrogen-bond donors (Lipinski definition) is 2. The number of aromatic nitrogens is 3. The highest BCUT2D eigenvalue weighted by atomic mass is 16.3. The average molecular weight is 398 g/mol. The molecule has 3 rings (SSSR count). The van der Waals surface area contributed by atoms with Crippen LogP contribution < -0.4 is 16.6 Å². The van der Waals surface area contributed by atoms with Crippen molar-refractivity contribution in [1.29, 1.82) is 0 Å². The molecule has 2 N–H and O–H groups in total. The van der Waals surface area contributed by atoms with Crippen LogP contribution in [0.5, 0.6) is 0 Å². The number of aromatic amines is 1. The Morgan fingerprint density at radius 3 is 2.69 bits per heavy atom. The molecular weight excluding hydrogens is 372 g/mol. The van der Waals surface area contributed by atoms with E-state index in [2.05, 4.69) is 15.3 Å². The van der Waals surface area contributed by atoms with Gasteiger partial charge in [0.05, 0.1) is 17.2 Å². The quantitative estimate of drug-likeness (QED) is 0.636. The molecule has 0 fully saturated rings. The predicted octanol–water partition coefficient (Wildman–Crippen LogP) is 2.57. The number of furan rings is 1. The molecule has 154 valence electrons. The molecule has 0 spiro atoms. The van der Waals surface area contributed by atoms with E-state index >= 15 is 0 Å². The molecule has 8 heteroatoms. The third-order valence-electron chi connectivity index (χ3n) is 4.72. The highest BCUT2D eigenvalue weighted by Gasteiger charge is 2.21. The van der Waals surface area contributed by atoms with Crippen LogP contribution in [-0.4, -0.2) is 26.5 Å². The smallest absolute Gasteiger partial charge is 0.329 e. The molecule has 0 radical (unpaired) electrons. The molecule has 0 saturated heterocycles. The van der Waals surface area contributed by atoms with Crippen molar-refractivity contribution in [3.05, 3.63) is 62.3 Å². The highest BCUT2D eigenvalue weighted by Crippen LogP contribution is 2.20. The number of pyridine rings is 1. The number of aryl methyl sites for hydroxylation is 1. The van der Waals surface area contributed by atoms with E-state index in [1.165, 1.54) is 4.57 Å². The van der Waals surface area contributed by atoms with Crippen LogP contribution in [0.3, 0.4) is 0 Å². The summed E-state index contributed by atoms with van der Waals surface area (Å²) in [6, 6.07) is 5.06. The standard InChI is InChI=1S/C21H26N4O4/c1-5-8-25-18-17(20(27)24-21(25)28)15(11-16(23-18)12(2)3)19(26)22-13(4)10-14-7-6-9-29-14/h6-7,9,11-13H,5,8,10H2,1-4H3,(H,22,26)(H,24,27,28). The van der Waals surface area contributed by atoms with Gasteiger partial charge in [-0.25, -0.2) is 9.78 Å². The molecule has 0 aliphatic heterocycles. The molecule has 0 saturated carbocycles. The van der Waals surface area contributed by atoms with Crippen molar-refractivity contribution in [3.8, 4) is 0 Å². The lowest BCUT2D eigenvalue weighted by Gasteiger charge is -2.16. The molecule has 0 aliphatic rings. The minimum atomic E-state index is -0.607. The topological polar surface area (TPSA) is 110 Å². The molecular formula is C21H26N4O4. The fourth-order valence-corrected chi connectivity index (χ4v) is 3.28. The number of rotatable bonds is 7.